The topological polar surface area (TPSA) is 28.7 Å². The van der Waals surface area contributed by atoms with Crippen LogP contribution >= 0.6 is 12.6 Å². The fraction of sp³-hybridized carbons (Fsp3) is 0.300. The first kappa shape index (κ1) is 9.52. The summed E-state index contributed by atoms with van der Waals surface area (Å²) in [5, 5.41) is 7.50. The number of benzene rings is 1. The molecule has 0 saturated heterocycles. The van der Waals surface area contributed by atoms with Gasteiger partial charge in [0.2, 0.25) is 0 Å². The molecular weight excluding hydrogens is 199 g/mol. The molecule has 0 aliphatic carbocycles. The van der Waals surface area contributed by atoms with Crippen LogP contribution in [0.25, 0.3) is 10.9 Å². The summed E-state index contributed by atoms with van der Waals surface area (Å²) in [6.07, 6.45) is 1.63. The molecule has 2 rings (SSSR count). The number of aromatic nitrogens is 2. The van der Waals surface area contributed by atoms with E-state index in [1.165, 1.54) is 6.07 Å². The molecule has 0 aliphatic heterocycles. The summed E-state index contributed by atoms with van der Waals surface area (Å²) in [6.45, 7) is 3.72. The number of hydrogen-bond donors (Lipinski definition) is 2. The highest BCUT2D eigenvalue weighted by molar-refractivity contribution is 7.81. The Morgan fingerprint density at radius 1 is 1.43 bits per heavy atom. The quantitative estimate of drug-likeness (QED) is 0.696. The van der Waals surface area contributed by atoms with Crippen LogP contribution in [0.1, 0.15) is 19.4 Å². The minimum atomic E-state index is -0.506. The van der Waals surface area contributed by atoms with Gasteiger partial charge in [0.15, 0.2) is 0 Å². The molecule has 74 valence electrons. The summed E-state index contributed by atoms with van der Waals surface area (Å²) in [6, 6.07) is 3.12. The van der Waals surface area contributed by atoms with E-state index in [-0.39, 0.29) is 5.82 Å². The molecule has 0 radical (unpaired) electrons. The Morgan fingerprint density at radius 2 is 2.14 bits per heavy atom. The fourth-order valence-electron chi connectivity index (χ4n) is 1.61. The zero-order chi connectivity index (χ0) is 10.3. The van der Waals surface area contributed by atoms with Crippen molar-refractivity contribution in [2.45, 2.75) is 18.6 Å². The van der Waals surface area contributed by atoms with Gasteiger partial charge in [-0.3, -0.25) is 5.10 Å². The normalized spacial score (nSPS) is 12.3. The van der Waals surface area contributed by atoms with Gasteiger partial charge in [-0.2, -0.15) is 17.7 Å². The van der Waals surface area contributed by atoms with Gasteiger partial charge < -0.3 is 0 Å². The summed E-state index contributed by atoms with van der Waals surface area (Å²) in [5.41, 5.74) is 1.43. The van der Waals surface area contributed by atoms with E-state index in [1.54, 1.807) is 12.3 Å². The molecule has 0 saturated carbocycles. The van der Waals surface area contributed by atoms with Crippen LogP contribution in [0.3, 0.4) is 0 Å². The Labute approximate surface area is 86.9 Å². The summed E-state index contributed by atoms with van der Waals surface area (Å²) in [4.78, 5) is 0. The number of nitrogens with one attached hydrogen (secondary N) is 1. The highest BCUT2D eigenvalue weighted by Gasteiger charge is 2.22. The standard InChI is InChI=1S/C10H11FN2S/c1-10(2,14)9-6-5-12-13-8(6)4-3-7(9)11/h3-5,14H,1-2H3,(H,12,13). The van der Waals surface area contributed by atoms with Crippen molar-refractivity contribution in [3.8, 4) is 0 Å². The second-order valence-electron chi connectivity index (χ2n) is 3.81. The average Bonchev–Trinajstić information content (AvgIpc) is 2.48. The van der Waals surface area contributed by atoms with Gasteiger partial charge in [0.05, 0.1) is 11.7 Å². The zero-order valence-electron chi connectivity index (χ0n) is 8.00. The summed E-state index contributed by atoms with van der Waals surface area (Å²) < 4.78 is 13.1. The molecule has 2 nitrogen and oxygen atoms in total. The zero-order valence-corrected chi connectivity index (χ0v) is 8.90. The number of H-pyrrole nitrogens is 1. The van der Waals surface area contributed by atoms with E-state index in [4.69, 9.17) is 0 Å². The second-order valence-corrected chi connectivity index (χ2v) is 4.93. The van der Waals surface area contributed by atoms with Gasteiger partial charge in [0.25, 0.3) is 0 Å². The Morgan fingerprint density at radius 3 is 2.79 bits per heavy atom. The van der Waals surface area contributed by atoms with E-state index in [0.717, 1.165) is 10.9 Å². The minimum absolute atomic E-state index is 0.237. The van der Waals surface area contributed by atoms with E-state index in [1.807, 2.05) is 13.8 Å². The van der Waals surface area contributed by atoms with E-state index in [0.29, 0.717) is 5.56 Å². The molecule has 1 aromatic carbocycles. The van der Waals surface area contributed by atoms with Gasteiger partial charge >= 0.3 is 0 Å². The lowest BCUT2D eigenvalue weighted by Gasteiger charge is -2.19. The first-order valence-corrected chi connectivity index (χ1v) is 4.79. The number of nitrogens with zero attached hydrogens (tertiary/aromatic N) is 1. The molecule has 1 aromatic heterocycles. The molecule has 1 heterocycles. The lowest BCUT2D eigenvalue weighted by molar-refractivity contribution is 0.592. The van der Waals surface area contributed by atoms with Gasteiger partial charge in [0, 0.05) is 15.7 Å². The summed E-state index contributed by atoms with van der Waals surface area (Å²) >= 11 is 4.38. The van der Waals surface area contributed by atoms with Crippen LogP contribution in [-0.4, -0.2) is 10.2 Å². The number of rotatable bonds is 1. The monoisotopic (exact) mass is 210 g/mol. The van der Waals surface area contributed by atoms with Crippen molar-refractivity contribution in [2.75, 3.05) is 0 Å². The third-order valence-electron chi connectivity index (χ3n) is 2.19. The van der Waals surface area contributed by atoms with Crippen molar-refractivity contribution >= 4 is 23.5 Å². The highest BCUT2D eigenvalue weighted by Crippen LogP contribution is 2.34. The molecule has 0 spiro atoms. The van der Waals surface area contributed by atoms with Crippen molar-refractivity contribution in [3.63, 3.8) is 0 Å². The van der Waals surface area contributed by atoms with Gasteiger partial charge in [0.1, 0.15) is 5.82 Å². The molecule has 1 N–H and O–H groups in total. The number of fused-ring (bicyclic) bond motifs is 1. The van der Waals surface area contributed by atoms with Crippen LogP contribution in [0.2, 0.25) is 0 Å². The second kappa shape index (κ2) is 2.98. The van der Waals surface area contributed by atoms with Gasteiger partial charge in [-0.25, -0.2) is 4.39 Å². The van der Waals surface area contributed by atoms with Crippen molar-refractivity contribution in [1.29, 1.82) is 0 Å². The Bertz CT molecular complexity index is 470. The lowest BCUT2D eigenvalue weighted by atomic mass is 9.98. The predicted molar refractivity (Wildman–Crippen MR) is 58.1 cm³/mol. The molecule has 0 fully saturated rings. The maximum atomic E-state index is 13.6. The minimum Gasteiger partial charge on any atom is -0.278 e. The maximum absolute atomic E-state index is 13.6. The summed E-state index contributed by atoms with van der Waals surface area (Å²) in [7, 11) is 0. The van der Waals surface area contributed by atoms with Crippen molar-refractivity contribution in [3.05, 3.63) is 29.7 Å². The molecular formula is C10H11FN2S. The average molecular weight is 210 g/mol. The first-order valence-electron chi connectivity index (χ1n) is 4.34. The molecule has 4 heteroatoms. The Hall–Kier alpha value is -1.03. The van der Waals surface area contributed by atoms with E-state index < -0.39 is 4.75 Å². The van der Waals surface area contributed by atoms with E-state index in [2.05, 4.69) is 22.8 Å². The van der Waals surface area contributed by atoms with Crippen molar-refractivity contribution in [2.24, 2.45) is 0 Å². The van der Waals surface area contributed by atoms with Crippen LogP contribution in [0.4, 0.5) is 4.39 Å². The van der Waals surface area contributed by atoms with E-state index in [9.17, 15) is 4.39 Å². The van der Waals surface area contributed by atoms with Crippen LogP contribution in [0, 0.1) is 5.82 Å². The van der Waals surface area contributed by atoms with Crippen LogP contribution in [-0.2, 0) is 4.75 Å². The molecule has 2 aromatic rings. The first-order chi connectivity index (χ1) is 6.50. The molecule has 0 unspecified atom stereocenters. The highest BCUT2D eigenvalue weighted by atomic mass is 32.1. The van der Waals surface area contributed by atoms with Gasteiger partial charge in [-0.15, -0.1) is 0 Å². The molecule has 14 heavy (non-hydrogen) atoms. The molecule has 0 bridgehead atoms. The number of halogens is 1. The lowest BCUT2D eigenvalue weighted by Crippen LogP contribution is -2.10. The Kier molecular flexibility index (Phi) is 2.03. The molecule has 0 aliphatic rings. The smallest absolute Gasteiger partial charge is 0.128 e. The number of aromatic amines is 1. The summed E-state index contributed by atoms with van der Waals surface area (Å²) in [5.74, 6) is -0.237. The van der Waals surface area contributed by atoms with E-state index >= 15 is 0 Å². The molecule has 0 atom stereocenters. The van der Waals surface area contributed by atoms with Gasteiger partial charge in [-0.1, -0.05) is 0 Å². The number of hydrogen-bond acceptors (Lipinski definition) is 2. The predicted octanol–water partition coefficient (Wildman–Crippen LogP) is 2.87. The van der Waals surface area contributed by atoms with Crippen LogP contribution in [0.5, 0.6) is 0 Å². The number of thiol groups is 1. The van der Waals surface area contributed by atoms with Crippen molar-refractivity contribution < 1.29 is 4.39 Å². The maximum Gasteiger partial charge on any atom is 0.128 e. The third-order valence-corrected chi connectivity index (χ3v) is 2.41. The van der Waals surface area contributed by atoms with Gasteiger partial charge in [-0.05, 0) is 26.0 Å². The molecule has 0 amide bonds. The third kappa shape index (κ3) is 1.39. The Balaban J connectivity index is 2.83. The largest absolute Gasteiger partial charge is 0.278 e. The SMILES string of the molecule is CC(C)(S)c1c(F)ccc2[nH]ncc12. The van der Waals surface area contributed by atoms with Crippen molar-refractivity contribution in [1.82, 2.24) is 10.2 Å². The van der Waals surface area contributed by atoms with Crippen LogP contribution < -0.4 is 0 Å². The fourth-order valence-corrected chi connectivity index (χ4v) is 1.84. The van der Waals surface area contributed by atoms with Crippen LogP contribution in [0.15, 0.2) is 18.3 Å².